The van der Waals surface area contributed by atoms with Crippen LogP contribution in [0.5, 0.6) is 5.75 Å². The van der Waals surface area contributed by atoms with E-state index >= 15 is 0 Å². The number of nitrogens with zero attached hydrogens (tertiary/aromatic N) is 2. The Hall–Kier alpha value is -3.84. The summed E-state index contributed by atoms with van der Waals surface area (Å²) in [6.07, 6.45) is 7.18. The molecule has 40 heavy (non-hydrogen) atoms. The number of aromatic nitrogens is 2. The number of halogens is 1. The molecule has 3 atom stereocenters. The molecule has 3 aliphatic rings. The number of ether oxygens (including phenoxy) is 1. The molecule has 7 nitrogen and oxygen atoms in total. The number of nitrogens with one attached hydrogen (secondary N) is 2. The van der Waals surface area contributed by atoms with E-state index < -0.39 is 0 Å². The van der Waals surface area contributed by atoms with E-state index in [9.17, 15) is 9.59 Å². The molecule has 4 aromatic rings. The first-order valence-corrected chi connectivity index (χ1v) is 14.5. The lowest BCUT2D eigenvalue weighted by atomic mass is 10.0. The number of fused-ring (bicyclic) bond motifs is 3. The minimum Gasteiger partial charge on any atom is -0.490 e. The number of carbonyl (C=O) groups excluding carboxylic acids is 2. The number of benzene rings is 3. The second kappa shape index (κ2) is 10.3. The first-order chi connectivity index (χ1) is 19.6. The van der Waals surface area contributed by atoms with Gasteiger partial charge in [0.05, 0.1) is 17.3 Å². The van der Waals surface area contributed by atoms with Crippen LogP contribution in [0, 0.1) is 5.92 Å². The Morgan fingerprint density at radius 3 is 2.48 bits per heavy atom. The summed E-state index contributed by atoms with van der Waals surface area (Å²) < 4.78 is 6.31. The lowest BCUT2D eigenvalue weighted by Crippen LogP contribution is -2.45. The van der Waals surface area contributed by atoms with Crippen molar-refractivity contribution in [3.8, 4) is 17.0 Å². The van der Waals surface area contributed by atoms with E-state index in [1.807, 2.05) is 71.6 Å². The Morgan fingerprint density at radius 1 is 1.02 bits per heavy atom. The molecule has 2 bridgehead atoms. The van der Waals surface area contributed by atoms with Crippen molar-refractivity contribution in [3.05, 3.63) is 82.9 Å². The van der Waals surface area contributed by atoms with Crippen molar-refractivity contribution in [2.75, 3.05) is 0 Å². The number of aromatic amines is 1. The van der Waals surface area contributed by atoms with Crippen LogP contribution in [0.15, 0.2) is 66.7 Å². The number of hydrogen-bond acceptors (Lipinski definition) is 4. The minimum absolute atomic E-state index is 0.103. The summed E-state index contributed by atoms with van der Waals surface area (Å²) in [5.74, 6) is 1.10. The van der Waals surface area contributed by atoms with Crippen LogP contribution >= 0.6 is 11.6 Å². The van der Waals surface area contributed by atoms with Crippen molar-refractivity contribution >= 4 is 34.8 Å². The van der Waals surface area contributed by atoms with Crippen molar-refractivity contribution < 1.29 is 14.3 Å². The quantitative estimate of drug-likeness (QED) is 0.250. The summed E-state index contributed by atoms with van der Waals surface area (Å²) in [7, 11) is 0. The van der Waals surface area contributed by atoms with Gasteiger partial charge in [-0.2, -0.15) is 5.10 Å². The van der Waals surface area contributed by atoms with Crippen LogP contribution in [0.1, 0.15) is 60.5 Å². The maximum atomic E-state index is 13.4. The van der Waals surface area contributed by atoms with Crippen LogP contribution in [0.25, 0.3) is 22.2 Å². The minimum atomic E-state index is -0.121. The summed E-state index contributed by atoms with van der Waals surface area (Å²) in [6.45, 7) is 0. The topological polar surface area (TPSA) is 87.3 Å². The largest absolute Gasteiger partial charge is 0.490 e. The molecule has 2 aliphatic heterocycles. The summed E-state index contributed by atoms with van der Waals surface area (Å²) in [5, 5.41) is 12.5. The van der Waals surface area contributed by atoms with Crippen molar-refractivity contribution in [2.45, 2.75) is 62.8 Å². The Labute approximate surface area is 237 Å². The lowest BCUT2D eigenvalue weighted by Gasteiger charge is -2.36. The third-order valence-corrected chi connectivity index (χ3v) is 9.09. The molecule has 3 fully saturated rings. The molecule has 8 heteroatoms. The van der Waals surface area contributed by atoms with Gasteiger partial charge in [-0.25, -0.2) is 0 Å². The van der Waals surface area contributed by atoms with Gasteiger partial charge < -0.3 is 15.0 Å². The van der Waals surface area contributed by atoms with Gasteiger partial charge in [-0.3, -0.25) is 14.7 Å². The molecule has 3 aromatic carbocycles. The van der Waals surface area contributed by atoms with Gasteiger partial charge in [0.25, 0.3) is 5.91 Å². The first kappa shape index (κ1) is 25.1. The van der Waals surface area contributed by atoms with E-state index in [0.29, 0.717) is 28.6 Å². The fourth-order valence-electron chi connectivity index (χ4n) is 6.52. The second-order valence-corrected chi connectivity index (χ2v) is 11.7. The molecule has 204 valence electrons. The average molecular weight is 555 g/mol. The molecule has 7 rings (SSSR count). The maximum Gasteiger partial charge on any atom is 0.251 e. The van der Waals surface area contributed by atoms with E-state index in [0.717, 1.165) is 78.4 Å². The molecule has 2 unspecified atom stereocenters. The van der Waals surface area contributed by atoms with Gasteiger partial charge in [-0.15, -0.1) is 0 Å². The molecular weight excluding hydrogens is 524 g/mol. The molecule has 1 aromatic heterocycles. The summed E-state index contributed by atoms with van der Waals surface area (Å²) >= 11 is 6.48. The molecule has 0 radical (unpaired) electrons. The SMILES string of the molecule is O=CN1C2CCC1CC(Oc1ccc(-c3n[nH]c4ccc(C(=O)N[C@H](c5ccccc5Cl)C5CC5)cc34)cc1)C2. The van der Waals surface area contributed by atoms with Crippen LogP contribution in [-0.4, -0.2) is 45.6 Å². The van der Waals surface area contributed by atoms with E-state index in [4.69, 9.17) is 16.3 Å². The Kier molecular flexibility index (Phi) is 6.47. The van der Waals surface area contributed by atoms with Crippen molar-refractivity contribution in [1.82, 2.24) is 20.4 Å². The van der Waals surface area contributed by atoms with Crippen molar-refractivity contribution in [2.24, 2.45) is 5.92 Å². The number of piperidine rings is 1. The van der Waals surface area contributed by atoms with Crippen LogP contribution in [0.2, 0.25) is 5.02 Å². The smallest absolute Gasteiger partial charge is 0.251 e. The van der Waals surface area contributed by atoms with Crippen LogP contribution in [-0.2, 0) is 4.79 Å². The van der Waals surface area contributed by atoms with Gasteiger partial charge in [0.2, 0.25) is 6.41 Å². The fourth-order valence-corrected chi connectivity index (χ4v) is 6.78. The first-order valence-electron chi connectivity index (χ1n) is 14.1. The van der Waals surface area contributed by atoms with Gasteiger partial charge in [-0.1, -0.05) is 29.8 Å². The third kappa shape index (κ3) is 4.73. The number of amides is 2. The van der Waals surface area contributed by atoms with E-state index in [1.165, 1.54) is 0 Å². The lowest BCUT2D eigenvalue weighted by molar-refractivity contribution is -0.123. The monoisotopic (exact) mass is 554 g/mol. The van der Waals surface area contributed by atoms with Crippen LogP contribution in [0.3, 0.4) is 0 Å². The van der Waals surface area contributed by atoms with Crippen LogP contribution < -0.4 is 10.1 Å². The van der Waals surface area contributed by atoms with E-state index in [-0.39, 0.29) is 18.1 Å². The Balaban J connectivity index is 1.08. The molecule has 2 amide bonds. The predicted molar refractivity (Wildman–Crippen MR) is 154 cm³/mol. The highest BCUT2D eigenvalue weighted by Crippen LogP contribution is 2.43. The van der Waals surface area contributed by atoms with E-state index in [2.05, 4.69) is 15.5 Å². The zero-order valence-electron chi connectivity index (χ0n) is 22.1. The fraction of sp³-hybridized carbons (Fsp3) is 0.344. The van der Waals surface area contributed by atoms with Gasteiger partial charge in [0, 0.05) is 46.5 Å². The van der Waals surface area contributed by atoms with Crippen molar-refractivity contribution in [1.29, 1.82) is 0 Å². The molecule has 0 spiro atoms. The van der Waals surface area contributed by atoms with E-state index in [1.54, 1.807) is 0 Å². The summed E-state index contributed by atoms with van der Waals surface area (Å²) in [6, 6.07) is 21.8. The standard InChI is InChI=1S/C32H31ClN4O3/c33-28-4-2-1-3-26(28)30(19-5-6-19)34-32(39)21-9-14-29-27(15-21)31(36-35-29)20-7-12-24(13-8-20)40-25-16-22-10-11-23(17-25)37(22)18-38/h1-4,7-9,12-15,18-19,22-23,25,30H,5-6,10-11,16-17H2,(H,34,39)(H,35,36)/t22?,23?,25?,30-/m0/s1. The number of H-pyrrole nitrogens is 1. The predicted octanol–water partition coefficient (Wildman–Crippen LogP) is 6.30. The van der Waals surface area contributed by atoms with Crippen LogP contribution in [0.4, 0.5) is 0 Å². The highest BCUT2D eigenvalue weighted by Gasteiger charge is 2.41. The summed E-state index contributed by atoms with van der Waals surface area (Å²) in [5.41, 5.74) is 4.16. The Bertz CT molecular complexity index is 1550. The Morgan fingerprint density at radius 2 is 1.77 bits per heavy atom. The van der Waals surface area contributed by atoms with Gasteiger partial charge in [0.15, 0.2) is 0 Å². The normalized spacial score (nSPS) is 22.7. The third-order valence-electron chi connectivity index (χ3n) is 8.74. The number of carbonyl (C=O) groups is 2. The van der Waals surface area contributed by atoms with Gasteiger partial charge in [-0.05, 0) is 85.7 Å². The highest BCUT2D eigenvalue weighted by molar-refractivity contribution is 6.31. The molecule has 2 N–H and O–H groups in total. The zero-order valence-corrected chi connectivity index (χ0v) is 22.8. The molecule has 1 saturated carbocycles. The highest BCUT2D eigenvalue weighted by atomic mass is 35.5. The number of hydrogen-bond donors (Lipinski definition) is 2. The van der Waals surface area contributed by atoms with Crippen molar-refractivity contribution in [3.63, 3.8) is 0 Å². The summed E-state index contributed by atoms with van der Waals surface area (Å²) in [4.78, 5) is 26.7. The molecule has 2 saturated heterocycles. The average Bonchev–Trinajstić information content (AvgIpc) is 3.68. The molecular formula is C32H31ClN4O3. The zero-order chi connectivity index (χ0) is 27.2. The molecule has 1 aliphatic carbocycles. The van der Waals surface area contributed by atoms with Gasteiger partial charge in [0.1, 0.15) is 11.9 Å². The second-order valence-electron chi connectivity index (χ2n) is 11.3. The maximum absolute atomic E-state index is 13.4. The molecule has 3 heterocycles. The number of rotatable bonds is 8. The van der Waals surface area contributed by atoms with Gasteiger partial charge >= 0.3 is 0 Å².